The average Bonchev–Trinajstić information content (AvgIpc) is 2.48. The Balaban J connectivity index is 1.87. The van der Waals surface area contributed by atoms with Crippen LogP contribution in [0.3, 0.4) is 0 Å². The average molecular weight is 322 g/mol. The van der Waals surface area contributed by atoms with Gasteiger partial charge >= 0.3 is 6.18 Å². The lowest BCUT2D eigenvalue weighted by Crippen LogP contribution is -2.11. The topological polar surface area (TPSA) is 15.3 Å². The number of nitrogens with zero attached hydrogens (tertiary/aromatic N) is 1. The zero-order chi connectivity index (χ0) is 16.9. The van der Waals surface area contributed by atoms with E-state index < -0.39 is 11.7 Å². The minimum absolute atomic E-state index is 0.545. The highest BCUT2D eigenvalue weighted by Crippen LogP contribution is 2.29. The summed E-state index contributed by atoms with van der Waals surface area (Å²) < 4.78 is 38.0. The predicted molar refractivity (Wildman–Crippen MR) is 87.5 cm³/mol. The molecule has 0 saturated heterocycles. The number of rotatable bonds is 6. The van der Waals surface area contributed by atoms with Gasteiger partial charge in [-0.2, -0.15) is 13.2 Å². The summed E-state index contributed by atoms with van der Waals surface area (Å²) in [5.74, 6) is 0. The van der Waals surface area contributed by atoms with E-state index in [0.29, 0.717) is 18.5 Å². The number of benzene rings is 2. The fraction of sp³-hybridized carbons (Fsp3) is 0.333. The van der Waals surface area contributed by atoms with Crippen LogP contribution in [-0.4, -0.2) is 25.5 Å². The zero-order valence-corrected chi connectivity index (χ0v) is 13.3. The maximum Gasteiger partial charge on any atom is 0.416 e. The molecule has 0 amide bonds. The van der Waals surface area contributed by atoms with E-state index in [1.165, 1.54) is 17.7 Å². The van der Waals surface area contributed by atoms with Gasteiger partial charge < -0.3 is 10.2 Å². The Morgan fingerprint density at radius 2 is 1.65 bits per heavy atom. The molecule has 2 rings (SSSR count). The van der Waals surface area contributed by atoms with Crippen molar-refractivity contribution in [1.82, 2.24) is 4.90 Å². The van der Waals surface area contributed by atoms with Crippen molar-refractivity contribution in [2.75, 3.05) is 26.0 Å². The number of hydrogen-bond donors (Lipinski definition) is 1. The molecule has 5 heteroatoms. The summed E-state index contributed by atoms with van der Waals surface area (Å²) in [4.78, 5) is 2.09. The first-order valence-electron chi connectivity index (χ1n) is 7.48. The maximum absolute atomic E-state index is 12.7. The molecule has 0 heterocycles. The maximum atomic E-state index is 12.7. The lowest BCUT2D eigenvalue weighted by atomic mass is 10.1. The van der Waals surface area contributed by atoms with Crippen LogP contribution in [-0.2, 0) is 19.1 Å². The Labute approximate surface area is 134 Å². The standard InChI is InChI=1S/C18H21F3N2/c1-23(2)13-15-6-8-17(9-7-15)22-11-10-14-4-3-5-16(12-14)18(19,20)21/h3-9,12,22H,10-11,13H2,1-2H3. The molecule has 2 nitrogen and oxygen atoms in total. The molecule has 0 fully saturated rings. The molecule has 0 spiro atoms. The van der Waals surface area contributed by atoms with Gasteiger partial charge in [0.05, 0.1) is 5.56 Å². The van der Waals surface area contributed by atoms with Crippen molar-refractivity contribution in [2.24, 2.45) is 0 Å². The quantitative estimate of drug-likeness (QED) is 0.847. The molecule has 0 aliphatic rings. The lowest BCUT2D eigenvalue weighted by molar-refractivity contribution is -0.137. The molecule has 23 heavy (non-hydrogen) atoms. The van der Waals surface area contributed by atoms with E-state index >= 15 is 0 Å². The first-order chi connectivity index (χ1) is 10.8. The predicted octanol–water partition coefficient (Wildman–Crippen LogP) is 4.42. The lowest BCUT2D eigenvalue weighted by Gasteiger charge is -2.12. The molecular formula is C18H21F3N2. The van der Waals surface area contributed by atoms with Crippen molar-refractivity contribution in [1.29, 1.82) is 0 Å². The number of alkyl halides is 3. The van der Waals surface area contributed by atoms with Gasteiger partial charge in [-0.25, -0.2) is 0 Å². The summed E-state index contributed by atoms with van der Waals surface area (Å²) in [5.41, 5.74) is 2.28. The van der Waals surface area contributed by atoms with Crippen LogP contribution in [0.2, 0.25) is 0 Å². The van der Waals surface area contributed by atoms with Gasteiger partial charge in [0.15, 0.2) is 0 Å². The summed E-state index contributed by atoms with van der Waals surface area (Å²) in [6, 6.07) is 13.6. The van der Waals surface area contributed by atoms with E-state index in [1.807, 2.05) is 38.4 Å². The molecule has 0 bridgehead atoms. The van der Waals surface area contributed by atoms with Crippen LogP contribution in [0, 0.1) is 0 Å². The number of nitrogens with one attached hydrogen (secondary N) is 1. The van der Waals surface area contributed by atoms with Crippen molar-refractivity contribution in [3.63, 3.8) is 0 Å². The van der Waals surface area contributed by atoms with E-state index in [9.17, 15) is 13.2 Å². The highest BCUT2D eigenvalue weighted by Gasteiger charge is 2.30. The Morgan fingerprint density at radius 1 is 0.957 bits per heavy atom. The number of hydrogen-bond acceptors (Lipinski definition) is 2. The first-order valence-corrected chi connectivity index (χ1v) is 7.48. The minimum Gasteiger partial charge on any atom is -0.385 e. The first kappa shape index (κ1) is 17.3. The molecule has 0 aliphatic carbocycles. The van der Waals surface area contributed by atoms with Gasteiger partial charge in [0.1, 0.15) is 0 Å². The smallest absolute Gasteiger partial charge is 0.385 e. The Hall–Kier alpha value is -2.01. The van der Waals surface area contributed by atoms with Crippen LogP contribution in [0.4, 0.5) is 18.9 Å². The van der Waals surface area contributed by atoms with Crippen molar-refractivity contribution in [2.45, 2.75) is 19.1 Å². The van der Waals surface area contributed by atoms with Gasteiger partial charge in [-0.1, -0.05) is 30.3 Å². The van der Waals surface area contributed by atoms with Crippen LogP contribution in [0.15, 0.2) is 48.5 Å². The van der Waals surface area contributed by atoms with E-state index in [2.05, 4.69) is 10.2 Å². The van der Waals surface area contributed by atoms with Gasteiger partial charge in [0.2, 0.25) is 0 Å². The van der Waals surface area contributed by atoms with Crippen LogP contribution in [0.1, 0.15) is 16.7 Å². The molecule has 0 unspecified atom stereocenters. The highest BCUT2D eigenvalue weighted by molar-refractivity contribution is 5.44. The SMILES string of the molecule is CN(C)Cc1ccc(NCCc2cccc(C(F)(F)F)c2)cc1. The molecule has 124 valence electrons. The van der Waals surface area contributed by atoms with Gasteiger partial charge in [0, 0.05) is 18.8 Å². The summed E-state index contributed by atoms with van der Waals surface area (Å²) in [7, 11) is 4.03. The molecule has 0 aromatic heterocycles. The minimum atomic E-state index is -4.29. The monoisotopic (exact) mass is 322 g/mol. The summed E-state index contributed by atoms with van der Waals surface area (Å²) in [6.45, 7) is 1.47. The molecule has 1 N–H and O–H groups in total. The van der Waals surface area contributed by atoms with E-state index in [1.54, 1.807) is 6.07 Å². The van der Waals surface area contributed by atoms with Crippen LogP contribution >= 0.6 is 0 Å². The molecule has 0 aliphatic heterocycles. The second-order valence-corrected chi connectivity index (χ2v) is 5.81. The second kappa shape index (κ2) is 7.51. The third-order valence-electron chi connectivity index (χ3n) is 3.45. The van der Waals surface area contributed by atoms with Gasteiger partial charge in [-0.15, -0.1) is 0 Å². The highest BCUT2D eigenvalue weighted by atomic mass is 19.4. The van der Waals surface area contributed by atoms with Crippen molar-refractivity contribution < 1.29 is 13.2 Å². The number of anilines is 1. The molecule has 0 saturated carbocycles. The van der Waals surface area contributed by atoms with E-state index in [0.717, 1.165) is 18.3 Å². The van der Waals surface area contributed by atoms with Crippen molar-refractivity contribution in [3.8, 4) is 0 Å². The van der Waals surface area contributed by atoms with E-state index in [-0.39, 0.29) is 0 Å². The van der Waals surface area contributed by atoms with Gasteiger partial charge in [-0.3, -0.25) is 0 Å². The zero-order valence-electron chi connectivity index (χ0n) is 13.3. The molecular weight excluding hydrogens is 301 g/mol. The second-order valence-electron chi connectivity index (χ2n) is 5.81. The van der Waals surface area contributed by atoms with Gasteiger partial charge in [0.25, 0.3) is 0 Å². The molecule has 0 radical (unpaired) electrons. The van der Waals surface area contributed by atoms with Crippen molar-refractivity contribution in [3.05, 3.63) is 65.2 Å². The van der Waals surface area contributed by atoms with Crippen molar-refractivity contribution >= 4 is 5.69 Å². The van der Waals surface area contributed by atoms with Crippen LogP contribution in [0.25, 0.3) is 0 Å². The van der Waals surface area contributed by atoms with Crippen LogP contribution in [0.5, 0.6) is 0 Å². The molecule has 0 atom stereocenters. The third kappa shape index (κ3) is 5.60. The van der Waals surface area contributed by atoms with Crippen LogP contribution < -0.4 is 5.32 Å². The van der Waals surface area contributed by atoms with E-state index in [4.69, 9.17) is 0 Å². The summed E-state index contributed by atoms with van der Waals surface area (Å²) >= 11 is 0. The number of halogens is 3. The Kier molecular flexibility index (Phi) is 5.66. The Bertz CT molecular complexity index is 619. The largest absolute Gasteiger partial charge is 0.416 e. The molecule has 2 aromatic rings. The summed E-state index contributed by atoms with van der Waals surface area (Å²) in [6.07, 6.45) is -3.74. The third-order valence-corrected chi connectivity index (χ3v) is 3.45. The normalized spacial score (nSPS) is 11.7. The molecule has 2 aromatic carbocycles. The Morgan fingerprint density at radius 3 is 2.26 bits per heavy atom. The summed E-state index contributed by atoms with van der Waals surface area (Å²) in [5, 5.41) is 3.24. The fourth-order valence-corrected chi connectivity index (χ4v) is 2.35. The van der Waals surface area contributed by atoms with Gasteiger partial charge in [-0.05, 0) is 49.8 Å². The fourth-order valence-electron chi connectivity index (χ4n) is 2.35.